The summed E-state index contributed by atoms with van der Waals surface area (Å²) < 4.78 is 5.25. The average Bonchev–Trinajstić information content (AvgIpc) is 2.79. The van der Waals surface area contributed by atoms with Gasteiger partial charge in [0.15, 0.2) is 0 Å². The summed E-state index contributed by atoms with van der Waals surface area (Å²) in [5.74, 6) is -0.786. The van der Waals surface area contributed by atoms with E-state index in [2.05, 4.69) is 16.0 Å². The topological polar surface area (TPSA) is 96.5 Å². The molecule has 3 N–H and O–H groups in total. The van der Waals surface area contributed by atoms with E-state index in [-0.39, 0.29) is 12.5 Å². The minimum absolute atomic E-state index is 0.0335. The molecule has 0 radical (unpaired) electrons. The highest BCUT2D eigenvalue weighted by molar-refractivity contribution is 6.04. The minimum atomic E-state index is -0.820. The number of anilines is 2. The number of nitrogens with one attached hydrogen (secondary N) is 3. The zero-order valence-electron chi connectivity index (χ0n) is 17.0. The number of rotatable bonds is 7. The third-order valence-electron chi connectivity index (χ3n) is 4.36. The van der Waals surface area contributed by atoms with Crippen LogP contribution in [0.2, 0.25) is 0 Å². The first-order valence-corrected chi connectivity index (χ1v) is 9.76. The van der Waals surface area contributed by atoms with Gasteiger partial charge >= 0.3 is 12.0 Å². The van der Waals surface area contributed by atoms with Gasteiger partial charge in [-0.2, -0.15) is 0 Å². The molecule has 1 atom stereocenters. The molecule has 0 aliphatic heterocycles. The maximum Gasteiger partial charge on any atom is 0.328 e. The zero-order chi connectivity index (χ0) is 22.1. The van der Waals surface area contributed by atoms with Crippen LogP contribution in [0.1, 0.15) is 22.8 Å². The van der Waals surface area contributed by atoms with Gasteiger partial charge in [-0.25, -0.2) is 9.59 Å². The summed E-state index contributed by atoms with van der Waals surface area (Å²) in [5.41, 5.74) is 2.55. The first-order valence-electron chi connectivity index (χ1n) is 9.76. The molecule has 0 fully saturated rings. The van der Waals surface area contributed by atoms with Crippen molar-refractivity contribution in [1.82, 2.24) is 5.32 Å². The van der Waals surface area contributed by atoms with Gasteiger partial charge in [0, 0.05) is 16.9 Å². The van der Waals surface area contributed by atoms with Crippen molar-refractivity contribution >= 4 is 29.3 Å². The van der Waals surface area contributed by atoms with Crippen LogP contribution in [0.15, 0.2) is 84.9 Å². The molecular formula is C24H23N3O4. The first-order chi connectivity index (χ1) is 15.0. The molecular weight excluding hydrogens is 394 g/mol. The van der Waals surface area contributed by atoms with Gasteiger partial charge < -0.3 is 20.7 Å². The van der Waals surface area contributed by atoms with Crippen molar-refractivity contribution in [3.05, 3.63) is 96.1 Å². The smallest absolute Gasteiger partial charge is 0.328 e. The van der Waals surface area contributed by atoms with Gasteiger partial charge in [-0.15, -0.1) is 0 Å². The van der Waals surface area contributed by atoms with Crippen LogP contribution in [0.4, 0.5) is 16.2 Å². The summed E-state index contributed by atoms with van der Waals surface area (Å²) in [6.45, 7) is 1.58. The number of ether oxygens (including phenoxy) is 1. The summed E-state index contributed by atoms with van der Waals surface area (Å²) in [6.07, 6.45) is 0. The van der Waals surface area contributed by atoms with Gasteiger partial charge in [-0.3, -0.25) is 4.79 Å². The van der Waals surface area contributed by atoms with Crippen LogP contribution in [0.3, 0.4) is 0 Å². The van der Waals surface area contributed by atoms with Crippen molar-refractivity contribution in [2.24, 2.45) is 0 Å². The molecule has 7 heteroatoms. The lowest BCUT2D eigenvalue weighted by atomic mass is 10.1. The second kappa shape index (κ2) is 10.6. The highest BCUT2D eigenvalue weighted by Gasteiger charge is 2.17. The van der Waals surface area contributed by atoms with Crippen LogP contribution in [0.25, 0.3) is 0 Å². The van der Waals surface area contributed by atoms with Crippen molar-refractivity contribution in [3.8, 4) is 0 Å². The van der Waals surface area contributed by atoms with Crippen molar-refractivity contribution < 1.29 is 19.1 Å². The predicted molar refractivity (Wildman–Crippen MR) is 119 cm³/mol. The van der Waals surface area contributed by atoms with E-state index < -0.39 is 18.0 Å². The van der Waals surface area contributed by atoms with Crippen LogP contribution < -0.4 is 16.0 Å². The van der Waals surface area contributed by atoms with E-state index in [1.165, 1.54) is 0 Å². The number of esters is 1. The third-order valence-corrected chi connectivity index (χ3v) is 4.36. The lowest BCUT2D eigenvalue weighted by molar-refractivity contribution is -0.146. The number of carbonyl (C=O) groups is 3. The molecule has 31 heavy (non-hydrogen) atoms. The SMILES string of the molecule is C[C@H](NC(=O)Nc1ccccc1)C(=O)OCc1ccc(C(=O)Nc2ccccc2)cc1. The highest BCUT2D eigenvalue weighted by atomic mass is 16.5. The molecule has 0 bridgehead atoms. The summed E-state index contributed by atoms with van der Waals surface area (Å²) in [6, 6.07) is 23.5. The number of amides is 3. The molecule has 0 saturated heterocycles. The fraction of sp³-hybridized carbons (Fsp3) is 0.125. The standard InChI is InChI=1S/C24H23N3O4/c1-17(25-24(30)27-21-10-6-3-7-11-21)23(29)31-16-18-12-14-19(15-13-18)22(28)26-20-8-4-2-5-9-20/h2-15,17H,16H2,1H3,(H,26,28)(H2,25,27,30)/t17-/m0/s1. The Bertz CT molecular complexity index is 1020. The van der Waals surface area contributed by atoms with Gasteiger partial charge in [0.1, 0.15) is 12.6 Å². The number of para-hydroxylation sites is 2. The molecule has 0 aliphatic rings. The quantitative estimate of drug-likeness (QED) is 0.502. The summed E-state index contributed by atoms with van der Waals surface area (Å²) in [7, 11) is 0. The van der Waals surface area contributed by atoms with Gasteiger partial charge in [-0.05, 0) is 48.9 Å². The second-order valence-electron chi connectivity index (χ2n) is 6.81. The number of carbonyl (C=O) groups excluding carboxylic acids is 3. The molecule has 0 aliphatic carbocycles. The van der Waals surface area contributed by atoms with Crippen molar-refractivity contribution in [3.63, 3.8) is 0 Å². The van der Waals surface area contributed by atoms with Crippen molar-refractivity contribution in [1.29, 1.82) is 0 Å². The van der Waals surface area contributed by atoms with Crippen molar-refractivity contribution in [2.45, 2.75) is 19.6 Å². The van der Waals surface area contributed by atoms with E-state index in [9.17, 15) is 14.4 Å². The van der Waals surface area contributed by atoms with Crippen LogP contribution in [0.5, 0.6) is 0 Å². The largest absolute Gasteiger partial charge is 0.459 e. The predicted octanol–water partition coefficient (Wildman–Crippen LogP) is 4.19. The van der Waals surface area contributed by atoms with E-state index in [4.69, 9.17) is 4.74 Å². The summed E-state index contributed by atoms with van der Waals surface area (Å²) in [4.78, 5) is 36.4. The molecule has 0 heterocycles. The van der Waals surface area contributed by atoms with E-state index in [0.29, 0.717) is 16.9 Å². The third kappa shape index (κ3) is 6.71. The Balaban J connectivity index is 1.45. The molecule has 3 aromatic rings. The average molecular weight is 417 g/mol. The van der Waals surface area contributed by atoms with Gasteiger partial charge in [0.05, 0.1) is 0 Å². The minimum Gasteiger partial charge on any atom is -0.459 e. The maximum absolute atomic E-state index is 12.3. The highest BCUT2D eigenvalue weighted by Crippen LogP contribution is 2.11. The Kier molecular flexibility index (Phi) is 7.37. The van der Waals surface area contributed by atoms with Crippen LogP contribution >= 0.6 is 0 Å². The monoisotopic (exact) mass is 417 g/mol. The molecule has 3 amide bonds. The molecule has 7 nitrogen and oxygen atoms in total. The van der Waals surface area contributed by atoms with Crippen LogP contribution in [0, 0.1) is 0 Å². The lowest BCUT2D eigenvalue weighted by Gasteiger charge is -2.14. The number of hydrogen-bond acceptors (Lipinski definition) is 4. The van der Waals surface area contributed by atoms with E-state index >= 15 is 0 Å². The van der Waals surface area contributed by atoms with Gasteiger partial charge in [-0.1, -0.05) is 48.5 Å². The fourth-order valence-electron chi connectivity index (χ4n) is 2.70. The number of urea groups is 1. The van der Waals surface area contributed by atoms with E-state index in [1.807, 2.05) is 24.3 Å². The van der Waals surface area contributed by atoms with Crippen LogP contribution in [-0.4, -0.2) is 23.9 Å². The fourth-order valence-corrected chi connectivity index (χ4v) is 2.70. The maximum atomic E-state index is 12.3. The normalized spacial score (nSPS) is 11.1. The Morgan fingerprint density at radius 3 is 1.90 bits per heavy atom. The molecule has 0 aromatic heterocycles. The zero-order valence-corrected chi connectivity index (χ0v) is 17.0. The van der Waals surface area contributed by atoms with Gasteiger partial charge in [0.25, 0.3) is 5.91 Å². The Morgan fingerprint density at radius 2 is 1.32 bits per heavy atom. The second-order valence-corrected chi connectivity index (χ2v) is 6.81. The Hall–Kier alpha value is -4.13. The summed E-state index contributed by atoms with van der Waals surface area (Å²) in [5, 5.41) is 7.98. The summed E-state index contributed by atoms with van der Waals surface area (Å²) >= 11 is 0. The molecule has 0 unspecified atom stereocenters. The molecule has 0 saturated carbocycles. The lowest BCUT2D eigenvalue weighted by Crippen LogP contribution is -2.41. The number of hydrogen-bond donors (Lipinski definition) is 3. The molecule has 3 aromatic carbocycles. The molecule has 158 valence electrons. The Morgan fingerprint density at radius 1 is 0.774 bits per heavy atom. The molecule has 3 rings (SSSR count). The first kappa shape index (κ1) is 21.6. The van der Waals surface area contributed by atoms with Crippen LogP contribution in [-0.2, 0) is 16.1 Å². The van der Waals surface area contributed by atoms with Crippen molar-refractivity contribution in [2.75, 3.05) is 10.6 Å². The van der Waals surface area contributed by atoms with E-state index in [0.717, 1.165) is 5.56 Å². The number of benzene rings is 3. The molecule has 0 spiro atoms. The van der Waals surface area contributed by atoms with Gasteiger partial charge in [0.2, 0.25) is 0 Å². The Labute approximate surface area is 180 Å². The van der Waals surface area contributed by atoms with E-state index in [1.54, 1.807) is 67.6 Å².